The summed E-state index contributed by atoms with van der Waals surface area (Å²) in [5.74, 6) is -0.824. The number of anilines is 1. The Kier molecular flexibility index (Phi) is 10.5. The molecule has 2 rings (SSSR count). The van der Waals surface area contributed by atoms with E-state index in [1.165, 1.54) is 24.3 Å². The van der Waals surface area contributed by atoms with Gasteiger partial charge in [0.2, 0.25) is 28.5 Å². The number of nitrogens with one attached hydrogen (secondary N) is 2. The van der Waals surface area contributed by atoms with E-state index in [0.717, 1.165) is 13.0 Å². The molecule has 1 fully saturated rings. The van der Waals surface area contributed by atoms with Crippen LogP contribution in [0.4, 0.5) is 5.69 Å². The molecule has 0 radical (unpaired) electrons. The molecule has 2 amide bonds. The van der Waals surface area contributed by atoms with Crippen LogP contribution in [0.5, 0.6) is 5.75 Å². The Morgan fingerprint density at radius 2 is 1.94 bits per heavy atom. The van der Waals surface area contributed by atoms with Gasteiger partial charge in [0, 0.05) is 12.6 Å². The zero-order valence-electron chi connectivity index (χ0n) is 16.8. The Morgan fingerprint density at radius 1 is 1.32 bits per heavy atom. The van der Waals surface area contributed by atoms with E-state index in [1.807, 2.05) is 0 Å². The number of hydrogen-bond donors (Lipinski definition) is 4. The summed E-state index contributed by atoms with van der Waals surface area (Å²) >= 11 is 0. The molecular weight excluding hydrogens is 447 g/mol. The number of amides is 2. The van der Waals surface area contributed by atoms with Crippen LogP contribution >= 0.6 is 0 Å². The first-order valence-electron chi connectivity index (χ1n) is 8.59. The van der Waals surface area contributed by atoms with Crippen molar-refractivity contribution in [1.29, 1.82) is 0 Å². The first-order valence-corrected chi connectivity index (χ1v) is 9.93. The van der Waals surface area contributed by atoms with E-state index in [-0.39, 0.29) is 35.3 Å². The summed E-state index contributed by atoms with van der Waals surface area (Å²) in [6.07, 6.45) is -5.26. The third-order valence-corrected chi connectivity index (χ3v) is 4.47. The molecular formula is C17H21N2NaO10S. The number of aliphatic hydroxyl groups is 2. The van der Waals surface area contributed by atoms with Crippen LogP contribution in [-0.4, -0.2) is 72.2 Å². The van der Waals surface area contributed by atoms with Gasteiger partial charge in [-0.2, -0.15) is 0 Å². The third kappa shape index (κ3) is 8.14. The molecule has 0 saturated carbocycles. The zero-order valence-corrected chi connectivity index (χ0v) is 19.6. The van der Waals surface area contributed by atoms with Crippen molar-refractivity contribution in [1.82, 2.24) is 5.32 Å². The average molecular weight is 468 g/mol. The Balaban J connectivity index is 0.00000480. The maximum absolute atomic E-state index is 11.5. The molecule has 31 heavy (non-hydrogen) atoms. The topological polar surface area (TPSA) is 184 Å². The molecule has 1 saturated heterocycles. The Hall–Kier alpha value is -1.55. The molecule has 5 atom stereocenters. The van der Waals surface area contributed by atoms with Crippen LogP contribution in [0.3, 0.4) is 0 Å². The van der Waals surface area contributed by atoms with Crippen molar-refractivity contribution in [3.8, 4) is 5.75 Å². The molecule has 1 aliphatic rings. The van der Waals surface area contributed by atoms with Crippen LogP contribution in [0.15, 0.2) is 36.9 Å². The average Bonchev–Trinajstić information content (AvgIpc) is 2.67. The number of benzene rings is 1. The number of aliphatic hydroxyl groups excluding tert-OH is 2. The van der Waals surface area contributed by atoms with Crippen molar-refractivity contribution in [2.75, 3.05) is 11.9 Å². The molecule has 14 heteroatoms. The monoisotopic (exact) mass is 468 g/mol. The van der Waals surface area contributed by atoms with Crippen LogP contribution in [0.2, 0.25) is 0 Å². The van der Waals surface area contributed by atoms with Crippen LogP contribution < -0.4 is 44.9 Å². The molecule has 1 heterocycles. The van der Waals surface area contributed by atoms with Crippen molar-refractivity contribution in [2.45, 2.75) is 37.6 Å². The molecule has 1 aliphatic heterocycles. The number of rotatable bonds is 8. The number of carbonyl (C=O) groups excluding carboxylic acids is 2. The van der Waals surface area contributed by atoms with Crippen LogP contribution in [0.25, 0.3) is 0 Å². The van der Waals surface area contributed by atoms with E-state index in [4.69, 9.17) is 9.47 Å². The van der Waals surface area contributed by atoms with E-state index in [0.29, 0.717) is 5.69 Å². The van der Waals surface area contributed by atoms with E-state index >= 15 is 0 Å². The van der Waals surface area contributed by atoms with Crippen molar-refractivity contribution >= 4 is 27.9 Å². The fourth-order valence-corrected chi connectivity index (χ4v) is 3.26. The molecule has 1 aromatic rings. The minimum atomic E-state index is -5.24. The first-order chi connectivity index (χ1) is 14.0. The van der Waals surface area contributed by atoms with Gasteiger partial charge < -0.3 is 34.9 Å². The molecule has 0 aliphatic carbocycles. The summed E-state index contributed by atoms with van der Waals surface area (Å²) in [7, 11) is -5.24. The van der Waals surface area contributed by atoms with E-state index in [2.05, 4.69) is 21.4 Å². The van der Waals surface area contributed by atoms with Crippen LogP contribution in [0, 0.1) is 0 Å². The second-order valence-corrected chi connectivity index (χ2v) is 7.26. The van der Waals surface area contributed by atoms with Gasteiger partial charge in [-0.3, -0.25) is 13.8 Å². The Bertz CT molecular complexity index is 879. The fraction of sp³-hybridized carbons (Fsp3) is 0.412. The maximum Gasteiger partial charge on any atom is 1.00 e. The largest absolute Gasteiger partial charge is 1.00 e. The normalized spacial score (nSPS) is 25.6. The molecule has 0 unspecified atom stereocenters. The summed E-state index contributed by atoms with van der Waals surface area (Å²) in [6, 6.07) is 4.58. The van der Waals surface area contributed by atoms with E-state index in [1.54, 1.807) is 0 Å². The van der Waals surface area contributed by atoms with Gasteiger partial charge in [-0.1, -0.05) is 6.58 Å². The minimum Gasteiger partial charge on any atom is -0.726 e. The molecule has 0 aromatic heterocycles. The molecule has 1 aromatic carbocycles. The van der Waals surface area contributed by atoms with Gasteiger partial charge in [-0.05, 0) is 30.3 Å². The summed E-state index contributed by atoms with van der Waals surface area (Å²) in [5.41, 5.74) is 0.442. The van der Waals surface area contributed by atoms with E-state index in [9.17, 15) is 32.8 Å². The van der Waals surface area contributed by atoms with Gasteiger partial charge in [0.1, 0.15) is 30.1 Å². The van der Waals surface area contributed by atoms with Gasteiger partial charge in [0.05, 0.1) is 6.61 Å². The van der Waals surface area contributed by atoms with Gasteiger partial charge in [0.25, 0.3) is 0 Å². The predicted octanol–water partition coefficient (Wildman–Crippen LogP) is -4.38. The predicted molar refractivity (Wildman–Crippen MR) is 99.8 cm³/mol. The van der Waals surface area contributed by atoms with Gasteiger partial charge in [0.15, 0.2) is 0 Å². The smallest absolute Gasteiger partial charge is 0.726 e. The number of carbonyl (C=O) groups is 2. The van der Waals surface area contributed by atoms with E-state index < -0.39 is 59.5 Å². The fourth-order valence-electron chi connectivity index (χ4n) is 2.75. The first kappa shape index (κ1) is 27.5. The summed E-state index contributed by atoms with van der Waals surface area (Å²) in [5, 5.41) is 24.8. The summed E-state index contributed by atoms with van der Waals surface area (Å²) in [4.78, 5) is 22.8. The number of hydrogen-bond acceptors (Lipinski definition) is 10. The molecule has 166 valence electrons. The van der Waals surface area contributed by atoms with Crippen molar-refractivity contribution in [3.05, 3.63) is 36.9 Å². The van der Waals surface area contributed by atoms with Crippen molar-refractivity contribution in [3.63, 3.8) is 0 Å². The van der Waals surface area contributed by atoms with Crippen molar-refractivity contribution < 1.29 is 76.0 Å². The molecule has 0 spiro atoms. The standard InChI is InChI=1S/C17H22N2O10S.Na/c1-3-13(22)19-10-4-6-11(7-5-10)27-17-14(18-9(2)21)15(23)16(12(8-20)28-17)29-30(24,25)26;/h3-7,12,14-17,20,23H,1,8H2,2H3,(H,18,21)(H,19,22)(H,24,25,26);/q;+1/p-1/t12-,14-,15-,16-,17-;/m1./s1. The SMILES string of the molecule is C=CC(=O)Nc1ccc(O[C@@H]2O[C@H](CO)[C@@H](OS(=O)(=O)[O-])[C@H](O)[C@H]2NC(C)=O)cc1.[Na+]. The van der Waals surface area contributed by atoms with Gasteiger partial charge >= 0.3 is 29.6 Å². The molecule has 4 N–H and O–H groups in total. The maximum atomic E-state index is 11.5. The second kappa shape index (κ2) is 11.9. The molecule has 0 bridgehead atoms. The second-order valence-electron chi connectivity index (χ2n) is 6.25. The Morgan fingerprint density at radius 3 is 2.42 bits per heavy atom. The van der Waals surface area contributed by atoms with Crippen molar-refractivity contribution in [2.24, 2.45) is 0 Å². The van der Waals surface area contributed by atoms with Gasteiger partial charge in [-0.15, -0.1) is 0 Å². The summed E-state index contributed by atoms with van der Waals surface area (Å²) < 4.78 is 48.2. The Labute approximate surface area is 200 Å². The van der Waals surface area contributed by atoms with Crippen LogP contribution in [-0.2, 0) is 28.9 Å². The number of ether oxygens (including phenoxy) is 2. The third-order valence-electron chi connectivity index (χ3n) is 4.01. The summed E-state index contributed by atoms with van der Waals surface area (Å²) in [6.45, 7) is 3.66. The quantitative estimate of drug-likeness (QED) is 0.126. The zero-order chi connectivity index (χ0) is 22.5. The van der Waals surface area contributed by atoms with Crippen LogP contribution in [0.1, 0.15) is 6.92 Å². The minimum absolute atomic E-state index is 0. The molecule has 12 nitrogen and oxygen atoms in total. The van der Waals surface area contributed by atoms with Gasteiger partial charge in [-0.25, -0.2) is 8.42 Å².